The summed E-state index contributed by atoms with van der Waals surface area (Å²) in [7, 11) is 10.6. The van der Waals surface area contributed by atoms with E-state index in [4.69, 9.17) is 19.4 Å². The summed E-state index contributed by atoms with van der Waals surface area (Å²) in [5, 5.41) is 2.70. The van der Waals surface area contributed by atoms with Crippen LogP contribution in [0.2, 0.25) is 26.2 Å². The summed E-state index contributed by atoms with van der Waals surface area (Å²) >= 11 is 3.86. The van der Waals surface area contributed by atoms with Crippen LogP contribution in [-0.2, 0) is 9.47 Å². The van der Waals surface area contributed by atoms with Crippen molar-refractivity contribution in [3.05, 3.63) is 58.5 Å². The van der Waals surface area contributed by atoms with Gasteiger partial charge in [-0.2, -0.15) is 0 Å². The van der Waals surface area contributed by atoms with E-state index in [-0.39, 0.29) is 0 Å². The van der Waals surface area contributed by atoms with E-state index in [1.54, 1.807) is 0 Å². The normalized spacial score (nSPS) is 13.9. The highest BCUT2D eigenvalue weighted by molar-refractivity contribution is 9.26. The van der Waals surface area contributed by atoms with Crippen LogP contribution in [0.5, 0.6) is 0 Å². The Morgan fingerprint density at radius 3 is 0.971 bits per heavy atom. The molecule has 0 spiro atoms. The maximum absolute atomic E-state index is 5.70. The largest absolute Gasteiger partial charge is 0.385 e. The van der Waals surface area contributed by atoms with Crippen LogP contribution in [0.1, 0.15) is 214 Å². The lowest BCUT2D eigenvalue weighted by Crippen LogP contribution is -2.26. The zero-order valence-electron chi connectivity index (χ0n) is 43.9. The van der Waals surface area contributed by atoms with Crippen LogP contribution in [0.15, 0.2) is 48.5 Å². The lowest BCUT2D eigenvalue weighted by Gasteiger charge is -2.17. The number of hydrogen-bond donors (Lipinski definition) is 0. The van der Waals surface area contributed by atoms with Gasteiger partial charge in [0.25, 0.3) is 0 Å². The van der Waals surface area contributed by atoms with Crippen LogP contribution in [0.25, 0.3) is 20.4 Å². The average Bonchev–Trinajstić information content (AvgIpc) is 3.98. The summed E-state index contributed by atoms with van der Waals surface area (Å²) in [5.74, 6) is 3.36. The van der Waals surface area contributed by atoms with Crippen LogP contribution < -0.4 is 0 Å². The molecule has 0 aliphatic rings. The summed E-state index contributed by atoms with van der Waals surface area (Å²) in [6.07, 6.45) is 41.4. The second-order valence-corrected chi connectivity index (χ2v) is 35.2. The van der Waals surface area contributed by atoms with Crippen LogP contribution in [-0.4, -0.2) is 64.7 Å². The molecule has 2 aromatic heterocycles. The van der Waals surface area contributed by atoms with Gasteiger partial charge in [-0.25, -0.2) is 9.97 Å². The SMILES string of the molecule is COC(CCCCCCCCCCCCCCCC(CSSSSCC(CCCCCCCCCCCCCCCC(OC)[SiH](C)C)c1nc2ccccc2s1)c1nc2ccccc2s1)[SiH](C)C. The number of thiazole rings is 2. The summed E-state index contributed by atoms with van der Waals surface area (Å²) in [6.45, 7) is 9.66. The van der Waals surface area contributed by atoms with Crippen molar-refractivity contribution in [2.24, 2.45) is 0 Å². The van der Waals surface area contributed by atoms with Crippen molar-refractivity contribution in [2.45, 2.75) is 242 Å². The number of rotatable bonds is 45. The molecule has 0 N–H and O–H groups in total. The number of benzene rings is 2. The number of unbranched alkanes of at least 4 members (excludes halogenated alkanes) is 24. The summed E-state index contributed by atoms with van der Waals surface area (Å²) < 4.78 is 14.1. The van der Waals surface area contributed by atoms with Gasteiger partial charge >= 0.3 is 0 Å². The highest BCUT2D eigenvalue weighted by Crippen LogP contribution is 2.48. The van der Waals surface area contributed by atoms with Crippen molar-refractivity contribution in [3.63, 3.8) is 0 Å². The van der Waals surface area contributed by atoms with Crippen molar-refractivity contribution in [2.75, 3.05) is 25.7 Å². The molecule has 0 amide bonds. The van der Waals surface area contributed by atoms with E-state index >= 15 is 0 Å². The van der Waals surface area contributed by atoms with E-state index in [1.807, 2.05) is 56.5 Å². The molecule has 0 aliphatic carbocycles. The van der Waals surface area contributed by atoms with Crippen LogP contribution in [0, 0.1) is 0 Å². The van der Waals surface area contributed by atoms with Gasteiger partial charge in [0.2, 0.25) is 0 Å². The van der Waals surface area contributed by atoms with Gasteiger partial charge in [0.15, 0.2) is 0 Å². The van der Waals surface area contributed by atoms with E-state index < -0.39 is 17.6 Å². The van der Waals surface area contributed by atoms with Crippen LogP contribution >= 0.6 is 63.9 Å². The van der Waals surface area contributed by atoms with Crippen molar-refractivity contribution < 1.29 is 9.47 Å². The molecule has 4 unspecified atom stereocenters. The number of aromatic nitrogens is 2. The molecule has 0 fully saturated rings. The molecule has 12 heteroatoms. The third-order valence-electron chi connectivity index (χ3n) is 14.2. The number of hydrogen-bond acceptors (Lipinski definition) is 10. The van der Waals surface area contributed by atoms with E-state index in [0.717, 1.165) is 11.5 Å². The first-order valence-corrected chi connectivity index (χ1v) is 40.5. The van der Waals surface area contributed by atoms with Gasteiger partial charge in [0, 0.05) is 49.0 Å². The lowest BCUT2D eigenvalue weighted by atomic mass is 10.0. The van der Waals surface area contributed by atoms with Crippen molar-refractivity contribution >= 4 is 102 Å². The van der Waals surface area contributed by atoms with Crippen LogP contribution in [0.4, 0.5) is 0 Å². The fraction of sp³-hybridized carbons (Fsp3) is 0.750. The summed E-state index contributed by atoms with van der Waals surface area (Å²) in [4.78, 5) is 10.3. The van der Waals surface area contributed by atoms with Gasteiger partial charge in [-0.05, 0) is 69.6 Å². The number of para-hydroxylation sites is 2. The zero-order chi connectivity index (χ0) is 48.3. The second kappa shape index (κ2) is 39.4. The smallest absolute Gasteiger partial charge is 0.0978 e. The molecule has 0 radical (unpaired) electrons. The van der Waals surface area contributed by atoms with Gasteiger partial charge < -0.3 is 9.47 Å². The Labute approximate surface area is 444 Å². The maximum atomic E-state index is 5.70. The van der Waals surface area contributed by atoms with Crippen molar-refractivity contribution in [1.82, 2.24) is 9.97 Å². The number of nitrogens with zero attached hydrogens (tertiary/aromatic N) is 2. The quantitative estimate of drug-likeness (QED) is 0.0247. The number of methoxy groups -OCH3 is 2. The standard InChI is InChI=1S/C56H96N2O2S6Si2/c1-59-53(67(3)4)43-31-27-23-19-15-11-7-9-13-17-21-25-29-37-47(55-57-49-39-33-35-41-51(49)63-55)45-61-65-66-62-46-48(56-58-50-40-34-36-42-52(50)64-56)38-30-26-22-18-14-10-8-12-16-20-24-28-32-44-54(60-2)68(5)6/h33-36,39-42,47-48,53-54,67-68H,7-32,37-38,43-46H2,1-6H3. The first kappa shape index (κ1) is 60.5. The molecule has 0 saturated heterocycles. The fourth-order valence-corrected chi connectivity index (χ4v) is 21.6. The van der Waals surface area contributed by atoms with Crippen molar-refractivity contribution in [3.8, 4) is 0 Å². The van der Waals surface area contributed by atoms with Gasteiger partial charge in [-0.15, -0.1) is 22.7 Å². The molecule has 0 aliphatic heterocycles. The minimum absolute atomic E-state index is 0.537. The summed E-state index contributed by atoms with van der Waals surface area (Å²) in [5.41, 5.74) is 3.50. The molecule has 0 saturated carbocycles. The Bertz CT molecular complexity index is 1600. The van der Waals surface area contributed by atoms with E-state index in [9.17, 15) is 0 Å². The predicted octanol–water partition coefficient (Wildman–Crippen LogP) is 20.2. The second-order valence-electron chi connectivity index (χ2n) is 20.5. The van der Waals surface area contributed by atoms with Crippen LogP contribution in [0.3, 0.4) is 0 Å². The fourth-order valence-electron chi connectivity index (χ4n) is 9.75. The van der Waals surface area contributed by atoms with E-state index in [1.165, 1.54) is 223 Å². The minimum Gasteiger partial charge on any atom is -0.385 e. The first-order chi connectivity index (χ1) is 33.4. The monoisotopic (exact) mass is 1080 g/mol. The molecular formula is C56H96N2O2S6Si2. The number of fused-ring (bicyclic) bond motifs is 2. The van der Waals surface area contributed by atoms with Gasteiger partial charge in [-0.3, -0.25) is 0 Å². The third kappa shape index (κ3) is 26.3. The molecule has 386 valence electrons. The minimum atomic E-state index is -0.663. The Morgan fingerprint density at radius 1 is 0.412 bits per heavy atom. The van der Waals surface area contributed by atoms with Crippen molar-refractivity contribution in [1.29, 1.82) is 0 Å². The topological polar surface area (TPSA) is 44.2 Å². The third-order valence-corrected chi connectivity index (χ3v) is 27.4. The zero-order valence-corrected chi connectivity index (χ0v) is 51.1. The van der Waals surface area contributed by atoms with Gasteiger partial charge in [-0.1, -0.05) is 239 Å². The summed E-state index contributed by atoms with van der Waals surface area (Å²) in [6, 6.07) is 17.5. The number of ether oxygens (including phenoxy) is 2. The molecule has 68 heavy (non-hydrogen) atoms. The Kier molecular flexibility index (Phi) is 35.1. The van der Waals surface area contributed by atoms with Gasteiger partial charge in [0.1, 0.15) is 0 Å². The highest BCUT2D eigenvalue weighted by Gasteiger charge is 2.20. The molecule has 4 aromatic rings. The predicted molar refractivity (Wildman–Crippen MR) is 323 cm³/mol. The molecular weight excluding hydrogens is 981 g/mol. The Morgan fingerprint density at radius 2 is 0.691 bits per heavy atom. The first-order valence-electron chi connectivity index (χ1n) is 27.7. The van der Waals surface area contributed by atoms with E-state index in [2.05, 4.69) is 96.3 Å². The molecule has 2 aromatic carbocycles. The molecule has 4 nitrogen and oxygen atoms in total. The average molecular weight is 1080 g/mol. The molecule has 4 rings (SSSR count). The molecule has 4 atom stereocenters. The Hall–Kier alpha value is -0.0262. The molecule has 0 bridgehead atoms. The molecule has 2 heterocycles. The van der Waals surface area contributed by atoms with E-state index in [0.29, 0.717) is 23.3 Å². The van der Waals surface area contributed by atoms with Gasteiger partial charge in [0.05, 0.1) is 48.0 Å². The lowest BCUT2D eigenvalue weighted by molar-refractivity contribution is 0.151. The maximum Gasteiger partial charge on any atom is 0.0978 e. The highest BCUT2D eigenvalue weighted by atomic mass is 33.7. The Balaban J connectivity index is 1.06.